The van der Waals surface area contributed by atoms with Crippen molar-refractivity contribution in [2.75, 3.05) is 13.7 Å². The van der Waals surface area contributed by atoms with Gasteiger partial charge in [-0.2, -0.15) is 5.21 Å². The van der Waals surface area contributed by atoms with Crippen LogP contribution >= 0.6 is 0 Å². The highest BCUT2D eigenvalue weighted by Crippen LogP contribution is 2.30. The molecule has 6 aromatic rings. The van der Waals surface area contributed by atoms with Crippen LogP contribution < -0.4 is 11.2 Å². The minimum atomic E-state index is -0.380. The van der Waals surface area contributed by atoms with Gasteiger partial charge in [0, 0.05) is 25.8 Å². The van der Waals surface area contributed by atoms with Crippen LogP contribution in [0.5, 0.6) is 0 Å². The molecular formula is C31H30N8O3. The molecule has 0 saturated carbocycles. The average molecular weight is 563 g/mol. The van der Waals surface area contributed by atoms with Crippen LogP contribution in [-0.2, 0) is 30.8 Å². The summed E-state index contributed by atoms with van der Waals surface area (Å²) in [6, 6.07) is 25.9. The maximum atomic E-state index is 13.8. The van der Waals surface area contributed by atoms with Crippen LogP contribution in [0.2, 0.25) is 0 Å². The zero-order valence-electron chi connectivity index (χ0n) is 23.4. The van der Waals surface area contributed by atoms with E-state index in [0.29, 0.717) is 48.9 Å². The molecule has 0 fully saturated rings. The van der Waals surface area contributed by atoms with Crippen molar-refractivity contribution in [2.24, 2.45) is 0 Å². The summed E-state index contributed by atoms with van der Waals surface area (Å²) in [6.45, 7) is 3.16. The van der Waals surface area contributed by atoms with Gasteiger partial charge in [0.15, 0.2) is 11.2 Å². The number of rotatable bonds is 10. The molecule has 0 aliphatic heterocycles. The summed E-state index contributed by atoms with van der Waals surface area (Å²) in [7, 11) is 1.59. The number of imidazole rings is 1. The summed E-state index contributed by atoms with van der Waals surface area (Å²) in [6.07, 6.45) is 0.561. The largest absolute Gasteiger partial charge is 0.383 e. The predicted octanol–water partition coefficient (Wildman–Crippen LogP) is 3.45. The Hall–Kier alpha value is -5.16. The van der Waals surface area contributed by atoms with Gasteiger partial charge in [0.25, 0.3) is 5.56 Å². The maximum absolute atomic E-state index is 13.8. The van der Waals surface area contributed by atoms with E-state index < -0.39 is 0 Å². The van der Waals surface area contributed by atoms with Crippen LogP contribution in [0.15, 0.2) is 88.5 Å². The minimum absolute atomic E-state index is 0.267. The summed E-state index contributed by atoms with van der Waals surface area (Å²) in [5, 5.41) is 14.5. The summed E-state index contributed by atoms with van der Waals surface area (Å²) in [5.74, 6) is 1.18. The van der Waals surface area contributed by atoms with Crippen molar-refractivity contribution >= 4 is 11.2 Å². The minimum Gasteiger partial charge on any atom is -0.383 e. The molecule has 3 aromatic carbocycles. The lowest BCUT2D eigenvalue weighted by atomic mass is 9.98. The highest BCUT2D eigenvalue weighted by Gasteiger charge is 2.20. The van der Waals surface area contributed by atoms with Crippen LogP contribution in [0.25, 0.3) is 33.7 Å². The smallest absolute Gasteiger partial charge is 0.332 e. The van der Waals surface area contributed by atoms with E-state index in [1.807, 2.05) is 90.4 Å². The molecule has 0 amide bonds. The monoisotopic (exact) mass is 562 g/mol. The number of aryl methyl sites for hydroxylation is 2. The Morgan fingerprint density at radius 1 is 0.810 bits per heavy atom. The van der Waals surface area contributed by atoms with E-state index >= 15 is 0 Å². The van der Waals surface area contributed by atoms with Gasteiger partial charge in [-0.3, -0.25) is 13.9 Å². The van der Waals surface area contributed by atoms with Crippen LogP contribution in [-0.4, -0.2) is 53.0 Å². The lowest BCUT2D eigenvalue weighted by Gasteiger charge is -2.13. The molecular weight excluding hydrogens is 532 g/mol. The first-order valence-electron chi connectivity index (χ1n) is 13.7. The van der Waals surface area contributed by atoms with Gasteiger partial charge in [-0.1, -0.05) is 78.9 Å². The Balaban J connectivity index is 1.37. The fourth-order valence-corrected chi connectivity index (χ4v) is 5.24. The third-order valence-electron chi connectivity index (χ3n) is 7.41. The molecule has 42 heavy (non-hydrogen) atoms. The molecule has 6 rings (SSSR count). The van der Waals surface area contributed by atoms with E-state index in [1.54, 1.807) is 11.7 Å². The van der Waals surface area contributed by atoms with E-state index in [-0.39, 0.29) is 17.8 Å². The number of aromatic amines is 1. The van der Waals surface area contributed by atoms with Crippen LogP contribution in [0.4, 0.5) is 0 Å². The van der Waals surface area contributed by atoms with Crippen molar-refractivity contribution in [3.63, 3.8) is 0 Å². The van der Waals surface area contributed by atoms with Crippen molar-refractivity contribution in [1.29, 1.82) is 0 Å². The van der Waals surface area contributed by atoms with Gasteiger partial charge in [0.2, 0.25) is 5.82 Å². The summed E-state index contributed by atoms with van der Waals surface area (Å²) >= 11 is 0. The van der Waals surface area contributed by atoms with Crippen molar-refractivity contribution in [3.8, 4) is 22.5 Å². The topological polar surface area (TPSA) is 126 Å². The number of hydrogen-bond donors (Lipinski definition) is 1. The molecule has 0 atom stereocenters. The number of fused-ring (bicyclic) bond motifs is 1. The Labute approximate surface area is 241 Å². The number of hydrogen-bond acceptors (Lipinski definition) is 7. The van der Waals surface area contributed by atoms with Gasteiger partial charge in [-0.15, -0.1) is 10.2 Å². The van der Waals surface area contributed by atoms with Crippen molar-refractivity contribution in [2.45, 2.75) is 33.0 Å². The third kappa shape index (κ3) is 5.17. The van der Waals surface area contributed by atoms with E-state index in [9.17, 15) is 9.59 Å². The Morgan fingerprint density at radius 2 is 1.55 bits per heavy atom. The van der Waals surface area contributed by atoms with Gasteiger partial charge in [-0.05, 0) is 40.8 Å². The fourth-order valence-electron chi connectivity index (χ4n) is 5.24. The number of nitrogens with zero attached hydrogens (tertiary/aromatic N) is 7. The van der Waals surface area contributed by atoms with E-state index in [1.165, 1.54) is 4.57 Å². The lowest BCUT2D eigenvalue weighted by Crippen LogP contribution is -2.41. The van der Waals surface area contributed by atoms with E-state index in [2.05, 4.69) is 25.6 Å². The number of methoxy groups -OCH3 is 1. The first-order valence-corrected chi connectivity index (χ1v) is 13.7. The molecule has 0 unspecified atom stereocenters. The molecule has 3 aromatic heterocycles. The van der Waals surface area contributed by atoms with E-state index in [0.717, 1.165) is 27.8 Å². The Kier molecular flexibility index (Phi) is 7.56. The van der Waals surface area contributed by atoms with Crippen LogP contribution in [0.3, 0.4) is 0 Å². The first kappa shape index (κ1) is 27.0. The van der Waals surface area contributed by atoms with Gasteiger partial charge in [0.1, 0.15) is 5.82 Å². The van der Waals surface area contributed by atoms with E-state index in [4.69, 9.17) is 4.74 Å². The number of benzene rings is 3. The predicted molar refractivity (Wildman–Crippen MR) is 159 cm³/mol. The quantitative estimate of drug-likeness (QED) is 0.271. The average Bonchev–Trinajstić information content (AvgIpc) is 3.67. The zero-order chi connectivity index (χ0) is 29.1. The molecule has 212 valence electrons. The first-order chi connectivity index (χ1) is 20.5. The Bertz CT molecular complexity index is 1940. The molecule has 11 heteroatoms. The standard InChI is InChI=1S/C31H30N8O3/c1-21-32-29-27(30(40)38(31(41)37(29)18-19-42-2)17-16-22-8-4-3-5-9-22)39(21)20-23-12-14-24(15-13-23)25-10-6-7-11-26(25)28-33-35-36-34-28/h3-15H,16-20H2,1-2H3,(H,33,34,35,36). The number of tetrazole rings is 1. The number of ether oxygens (including phenoxy) is 1. The van der Waals surface area contributed by atoms with Gasteiger partial charge < -0.3 is 9.30 Å². The van der Waals surface area contributed by atoms with Crippen molar-refractivity contribution in [3.05, 3.63) is 117 Å². The summed E-state index contributed by atoms with van der Waals surface area (Å²) in [5.41, 5.74) is 4.97. The Morgan fingerprint density at radius 3 is 2.26 bits per heavy atom. The van der Waals surface area contributed by atoms with Crippen LogP contribution in [0.1, 0.15) is 17.0 Å². The van der Waals surface area contributed by atoms with Crippen molar-refractivity contribution < 1.29 is 4.74 Å². The highest BCUT2D eigenvalue weighted by molar-refractivity contribution is 5.80. The summed E-state index contributed by atoms with van der Waals surface area (Å²) < 4.78 is 10.0. The SMILES string of the molecule is COCCn1c(=O)n(CCc2ccccc2)c(=O)c2c1nc(C)n2Cc1ccc(-c2ccccc2-c2nn[nH]n2)cc1. The molecule has 0 radical (unpaired) electrons. The third-order valence-corrected chi connectivity index (χ3v) is 7.41. The highest BCUT2D eigenvalue weighted by atomic mass is 16.5. The molecule has 11 nitrogen and oxygen atoms in total. The molecule has 1 N–H and O–H groups in total. The normalized spacial score (nSPS) is 11.4. The number of aromatic nitrogens is 8. The van der Waals surface area contributed by atoms with Crippen LogP contribution in [0, 0.1) is 6.92 Å². The van der Waals surface area contributed by atoms with Crippen molar-refractivity contribution in [1.82, 2.24) is 39.3 Å². The number of H-pyrrole nitrogens is 1. The van der Waals surface area contributed by atoms with Gasteiger partial charge >= 0.3 is 5.69 Å². The number of nitrogens with one attached hydrogen (secondary N) is 1. The molecule has 0 bridgehead atoms. The molecule has 0 spiro atoms. The lowest BCUT2D eigenvalue weighted by molar-refractivity contribution is 0.186. The van der Waals surface area contributed by atoms with Gasteiger partial charge in [0.05, 0.1) is 13.2 Å². The maximum Gasteiger partial charge on any atom is 0.332 e. The summed E-state index contributed by atoms with van der Waals surface area (Å²) in [4.78, 5) is 32.0. The second kappa shape index (κ2) is 11.8. The molecule has 3 heterocycles. The second-order valence-electron chi connectivity index (χ2n) is 10.0. The molecule has 0 aliphatic carbocycles. The second-order valence-corrected chi connectivity index (χ2v) is 10.0. The fraction of sp³-hybridized carbons (Fsp3) is 0.226. The molecule has 0 saturated heterocycles. The molecule has 0 aliphatic rings. The zero-order valence-corrected chi connectivity index (χ0v) is 23.4. The van der Waals surface area contributed by atoms with Gasteiger partial charge in [-0.25, -0.2) is 9.78 Å².